The number of hydrogen-bond donors (Lipinski definition) is 3. The summed E-state index contributed by atoms with van der Waals surface area (Å²) in [4.78, 5) is 21.7. The molecule has 0 amide bonds. The molecule has 1 aliphatic heterocycles. The second-order valence-corrected chi connectivity index (χ2v) is 2.84. The van der Waals surface area contributed by atoms with Crippen LogP contribution >= 0.6 is 0 Å². The monoisotopic (exact) mass is 190 g/mol. The summed E-state index contributed by atoms with van der Waals surface area (Å²) in [5, 5.41) is 26.9. The van der Waals surface area contributed by atoms with E-state index in [1.807, 2.05) is 0 Å². The van der Waals surface area contributed by atoms with Crippen LogP contribution in [0.15, 0.2) is 0 Å². The van der Waals surface area contributed by atoms with E-state index in [9.17, 15) is 9.59 Å². The van der Waals surface area contributed by atoms with E-state index in [2.05, 4.69) is 4.74 Å². The Kier molecular flexibility index (Phi) is 2.38. The van der Waals surface area contributed by atoms with Crippen LogP contribution in [0.3, 0.4) is 0 Å². The lowest BCUT2D eigenvalue weighted by molar-refractivity contribution is -0.190. The maximum Gasteiger partial charge on any atom is 0.375 e. The van der Waals surface area contributed by atoms with Crippen molar-refractivity contribution in [1.82, 2.24) is 0 Å². The quantitative estimate of drug-likeness (QED) is 0.262. The number of carbonyl (C=O) groups excluding carboxylic acids is 2. The van der Waals surface area contributed by atoms with Gasteiger partial charge in [-0.15, -0.1) is 0 Å². The number of ketones is 1. The lowest BCUT2D eigenvalue weighted by Gasteiger charge is -2.12. The van der Waals surface area contributed by atoms with Crippen LogP contribution in [0.2, 0.25) is 0 Å². The van der Waals surface area contributed by atoms with Crippen LogP contribution in [0, 0.1) is 0 Å². The van der Waals surface area contributed by atoms with Crippen LogP contribution < -0.4 is 0 Å². The molecule has 0 bridgehead atoms. The van der Waals surface area contributed by atoms with Crippen molar-refractivity contribution in [2.75, 3.05) is 0 Å². The number of aliphatic hydroxyl groups is 3. The molecule has 3 N–H and O–H groups in total. The molecule has 0 saturated carbocycles. The Balaban J connectivity index is 2.86. The Morgan fingerprint density at radius 3 is 2.38 bits per heavy atom. The fourth-order valence-electron chi connectivity index (χ4n) is 1.02. The number of esters is 1. The summed E-state index contributed by atoms with van der Waals surface area (Å²) in [5.41, 5.74) is 0. The molecule has 74 valence electrons. The Morgan fingerprint density at radius 2 is 2.08 bits per heavy atom. The van der Waals surface area contributed by atoms with Crippen LogP contribution in [0.5, 0.6) is 0 Å². The predicted molar refractivity (Wildman–Crippen MR) is 38.4 cm³/mol. The highest BCUT2D eigenvalue weighted by molar-refractivity contribution is 6.12. The molecule has 0 spiro atoms. The highest BCUT2D eigenvalue weighted by Crippen LogP contribution is 2.22. The molecule has 1 heterocycles. The molecule has 1 saturated heterocycles. The third-order valence-electron chi connectivity index (χ3n) is 1.89. The molecule has 0 radical (unpaired) electrons. The van der Waals surface area contributed by atoms with Gasteiger partial charge >= 0.3 is 11.8 Å². The predicted octanol–water partition coefficient (Wildman–Crippen LogP) is -2.07. The first-order valence-corrected chi connectivity index (χ1v) is 3.79. The maximum atomic E-state index is 11.0. The van der Waals surface area contributed by atoms with E-state index in [0.717, 1.165) is 0 Å². The normalized spacial score (nSPS) is 28.8. The van der Waals surface area contributed by atoms with E-state index in [4.69, 9.17) is 15.3 Å². The van der Waals surface area contributed by atoms with E-state index < -0.39 is 29.7 Å². The Bertz CT molecular complexity index is 245. The second-order valence-electron chi connectivity index (χ2n) is 2.84. The molecule has 1 rings (SSSR count). The molecule has 0 aromatic carbocycles. The molecular formula is C7H10O6. The molecule has 1 aliphatic rings. The zero-order chi connectivity index (χ0) is 10.2. The van der Waals surface area contributed by atoms with Crippen molar-refractivity contribution in [3.63, 3.8) is 0 Å². The van der Waals surface area contributed by atoms with Gasteiger partial charge in [0.15, 0.2) is 6.10 Å². The van der Waals surface area contributed by atoms with Crippen LogP contribution in [0.4, 0.5) is 0 Å². The summed E-state index contributed by atoms with van der Waals surface area (Å²) >= 11 is 0. The first-order chi connectivity index (χ1) is 5.91. The minimum absolute atomic E-state index is 0.180. The number of Topliss-reactive ketones (excluding diaryl/α,β-unsaturated/α-hetero) is 1. The number of ether oxygens (including phenoxy) is 1. The van der Waals surface area contributed by atoms with Gasteiger partial charge in [0.25, 0.3) is 0 Å². The van der Waals surface area contributed by atoms with Gasteiger partial charge in [0.1, 0.15) is 0 Å². The summed E-state index contributed by atoms with van der Waals surface area (Å²) in [6.45, 7) is 1.57. The average Bonchev–Trinajstić information content (AvgIpc) is 2.28. The van der Waals surface area contributed by atoms with Gasteiger partial charge in [-0.2, -0.15) is 0 Å². The minimum Gasteiger partial charge on any atom is -0.447 e. The van der Waals surface area contributed by atoms with E-state index in [1.54, 1.807) is 6.92 Å². The van der Waals surface area contributed by atoms with Crippen molar-refractivity contribution in [3.8, 4) is 0 Å². The molecular weight excluding hydrogens is 180 g/mol. The summed E-state index contributed by atoms with van der Waals surface area (Å²) in [6.07, 6.45) is -2.48. The third-order valence-corrected chi connectivity index (χ3v) is 1.89. The van der Waals surface area contributed by atoms with Crippen molar-refractivity contribution in [1.29, 1.82) is 0 Å². The Labute approximate surface area is 73.7 Å². The average molecular weight is 190 g/mol. The SMILES string of the molecule is CCC(O)C1OC(=O)C(O)(O)C1=O. The molecule has 0 aromatic rings. The van der Waals surface area contributed by atoms with E-state index in [0.29, 0.717) is 0 Å². The van der Waals surface area contributed by atoms with E-state index in [1.165, 1.54) is 0 Å². The first-order valence-electron chi connectivity index (χ1n) is 3.79. The standard InChI is InChI=1S/C7H10O6/c1-2-3(8)4-5(9)7(11,12)6(10)13-4/h3-4,8,11-12H,2H2,1H3. The number of cyclic esters (lactones) is 1. The summed E-state index contributed by atoms with van der Waals surface area (Å²) in [5.74, 6) is -5.75. The largest absolute Gasteiger partial charge is 0.447 e. The lowest BCUT2D eigenvalue weighted by atomic mass is 10.0. The van der Waals surface area contributed by atoms with Crippen molar-refractivity contribution in [3.05, 3.63) is 0 Å². The Hall–Kier alpha value is -0.980. The number of aliphatic hydroxyl groups excluding tert-OH is 1. The molecule has 2 unspecified atom stereocenters. The first kappa shape index (κ1) is 10.1. The molecule has 6 nitrogen and oxygen atoms in total. The van der Waals surface area contributed by atoms with Gasteiger partial charge in [-0.1, -0.05) is 6.92 Å². The van der Waals surface area contributed by atoms with Crippen molar-refractivity contribution in [2.45, 2.75) is 31.3 Å². The molecule has 0 aromatic heterocycles. The van der Waals surface area contributed by atoms with Gasteiger partial charge in [-0.05, 0) is 6.42 Å². The molecule has 6 heteroatoms. The fraction of sp³-hybridized carbons (Fsp3) is 0.714. The van der Waals surface area contributed by atoms with Crippen LogP contribution in [0.25, 0.3) is 0 Å². The molecule has 2 atom stereocenters. The molecule has 13 heavy (non-hydrogen) atoms. The van der Waals surface area contributed by atoms with Gasteiger partial charge < -0.3 is 20.1 Å². The highest BCUT2D eigenvalue weighted by atomic mass is 16.6. The number of carbonyl (C=O) groups is 2. The summed E-state index contributed by atoms with van der Waals surface area (Å²) < 4.78 is 4.30. The summed E-state index contributed by atoms with van der Waals surface area (Å²) in [6, 6.07) is 0. The van der Waals surface area contributed by atoms with Crippen LogP contribution in [0.1, 0.15) is 13.3 Å². The topological polar surface area (TPSA) is 104 Å². The Morgan fingerprint density at radius 1 is 1.54 bits per heavy atom. The lowest BCUT2D eigenvalue weighted by Crippen LogP contribution is -2.44. The smallest absolute Gasteiger partial charge is 0.375 e. The zero-order valence-electron chi connectivity index (χ0n) is 6.93. The van der Waals surface area contributed by atoms with Crippen LogP contribution in [-0.4, -0.2) is 45.1 Å². The fourth-order valence-corrected chi connectivity index (χ4v) is 1.02. The van der Waals surface area contributed by atoms with Gasteiger partial charge in [-0.25, -0.2) is 4.79 Å². The molecule has 0 aliphatic carbocycles. The zero-order valence-corrected chi connectivity index (χ0v) is 6.93. The number of rotatable bonds is 2. The van der Waals surface area contributed by atoms with Crippen molar-refractivity contribution in [2.24, 2.45) is 0 Å². The second kappa shape index (κ2) is 3.06. The minimum atomic E-state index is -3.10. The van der Waals surface area contributed by atoms with Crippen LogP contribution in [-0.2, 0) is 14.3 Å². The highest BCUT2D eigenvalue weighted by Gasteiger charge is 2.57. The van der Waals surface area contributed by atoms with E-state index >= 15 is 0 Å². The molecule has 1 fully saturated rings. The van der Waals surface area contributed by atoms with Crippen molar-refractivity contribution < 1.29 is 29.6 Å². The van der Waals surface area contributed by atoms with Gasteiger partial charge in [0.2, 0.25) is 5.78 Å². The van der Waals surface area contributed by atoms with Gasteiger partial charge in [-0.3, -0.25) is 4.79 Å². The van der Waals surface area contributed by atoms with Gasteiger partial charge in [0, 0.05) is 0 Å². The third kappa shape index (κ3) is 1.43. The van der Waals surface area contributed by atoms with E-state index in [-0.39, 0.29) is 6.42 Å². The van der Waals surface area contributed by atoms with Gasteiger partial charge in [0.05, 0.1) is 6.10 Å². The summed E-state index contributed by atoms with van der Waals surface area (Å²) in [7, 11) is 0. The van der Waals surface area contributed by atoms with Crippen molar-refractivity contribution >= 4 is 11.8 Å². The number of hydrogen-bond acceptors (Lipinski definition) is 6. The maximum absolute atomic E-state index is 11.0.